The van der Waals surface area contributed by atoms with Crippen molar-refractivity contribution in [3.8, 4) is 123 Å². The van der Waals surface area contributed by atoms with Gasteiger partial charge in [0.05, 0.1) is 22.8 Å². The smallest absolute Gasteiger partial charge is 0.160 e. The fourth-order valence-electron chi connectivity index (χ4n) is 17.1. The Kier molecular flexibility index (Phi) is 14.5. The number of nitrogens with zero attached hydrogens (tertiary/aromatic N) is 4. The molecule has 0 saturated heterocycles. The molecule has 510 valence electrons. The SMILES string of the molecule is c1cc(-c2ccc(-c3nc(-c4ccccc4-c4cc5ccccc5c5ccccc45)cc(-c4cccc5c4oc4ccccc45)n3)cc2)cc(-c2ccc(-c3cc(-c4ccccc4-c4cc5ccccc5c5ccccc45)nc(-c4ccc(-c5cc6ccccc6c6ccccc56)cc4)n3)c3oc4ccccc4c23)c1. The molecule has 0 N–H and O–H groups in total. The lowest BCUT2D eigenvalue weighted by atomic mass is 9.90. The highest BCUT2D eigenvalue weighted by Crippen LogP contribution is 2.48. The van der Waals surface area contributed by atoms with E-state index in [1.165, 1.54) is 70.2 Å². The van der Waals surface area contributed by atoms with Gasteiger partial charge in [-0.3, -0.25) is 0 Å². The molecule has 110 heavy (non-hydrogen) atoms. The molecule has 0 atom stereocenters. The number of rotatable bonds is 11. The molecule has 0 aliphatic heterocycles. The molecule has 0 saturated carbocycles. The predicted octanol–water partition coefficient (Wildman–Crippen LogP) is 28.3. The molecular weight excluding hydrogens is 1340 g/mol. The van der Waals surface area contributed by atoms with Gasteiger partial charge in [0, 0.05) is 54.9 Å². The molecule has 0 amide bonds. The van der Waals surface area contributed by atoms with Crippen molar-refractivity contribution < 1.29 is 8.83 Å². The van der Waals surface area contributed by atoms with Crippen LogP contribution in [0.1, 0.15) is 0 Å². The molecule has 4 aromatic heterocycles. The Balaban J connectivity index is 0.668. The first-order valence-electron chi connectivity index (χ1n) is 37.4. The predicted molar refractivity (Wildman–Crippen MR) is 457 cm³/mol. The van der Waals surface area contributed by atoms with Crippen LogP contribution in [0.5, 0.6) is 0 Å². The fourth-order valence-corrected chi connectivity index (χ4v) is 17.1. The quantitative estimate of drug-likeness (QED) is 0.120. The van der Waals surface area contributed by atoms with Gasteiger partial charge in [-0.05, 0) is 181 Å². The monoisotopic (exact) mass is 1400 g/mol. The number of para-hydroxylation sites is 3. The molecule has 0 unspecified atom stereocenters. The minimum atomic E-state index is 0.604. The third-order valence-corrected chi connectivity index (χ3v) is 22.3. The molecule has 0 fully saturated rings. The van der Waals surface area contributed by atoms with E-state index >= 15 is 0 Å². The van der Waals surface area contributed by atoms with E-state index in [0.29, 0.717) is 11.6 Å². The van der Waals surface area contributed by atoms with Gasteiger partial charge in [0.15, 0.2) is 11.6 Å². The number of fused-ring (bicyclic) bond motifs is 15. The molecule has 0 bridgehead atoms. The summed E-state index contributed by atoms with van der Waals surface area (Å²) in [5.74, 6) is 1.21. The average molecular weight is 1400 g/mol. The summed E-state index contributed by atoms with van der Waals surface area (Å²) in [5, 5.41) is 18.6. The third-order valence-electron chi connectivity index (χ3n) is 22.3. The molecule has 6 nitrogen and oxygen atoms in total. The van der Waals surface area contributed by atoms with Gasteiger partial charge >= 0.3 is 0 Å². The van der Waals surface area contributed by atoms with Gasteiger partial charge in [-0.15, -0.1) is 0 Å². The molecule has 22 rings (SSSR count). The van der Waals surface area contributed by atoms with Crippen molar-refractivity contribution in [1.29, 1.82) is 0 Å². The molecule has 0 aliphatic carbocycles. The normalized spacial score (nSPS) is 11.8. The van der Waals surface area contributed by atoms with Crippen LogP contribution in [0, 0.1) is 0 Å². The molecule has 4 heterocycles. The van der Waals surface area contributed by atoms with E-state index < -0.39 is 0 Å². The highest BCUT2D eigenvalue weighted by Gasteiger charge is 2.25. The lowest BCUT2D eigenvalue weighted by Crippen LogP contribution is -1.98. The van der Waals surface area contributed by atoms with Crippen LogP contribution in [-0.4, -0.2) is 19.9 Å². The van der Waals surface area contributed by atoms with Crippen LogP contribution in [0.25, 0.3) is 232 Å². The van der Waals surface area contributed by atoms with Crippen LogP contribution in [0.3, 0.4) is 0 Å². The Labute approximate surface area is 632 Å². The highest BCUT2D eigenvalue weighted by atomic mass is 16.3. The number of hydrogen-bond donors (Lipinski definition) is 0. The maximum Gasteiger partial charge on any atom is 0.160 e. The summed E-state index contributed by atoms with van der Waals surface area (Å²) in [6.07, 6.45) is 0. The first-order chi connectivity index (χ1) is 54.5. The van der Waals surface area contributed by atoms with Gasteiger partial charge in [-0.1, -0.05) is 315 Å². The summed E-state index contributed by atoms with van der Waals surface area (Å²) >= 11 is 0. The molecule has 22 aromatic rings. The summed E-state index contributed by atoms with van der Waals surface area (Å²) in [7, 11) is 0. The van der Waals surface area contributed by atoms with Crippen molar-refractivity contribution >= 4 is 109 Å². The van der Waals surface area contributed by atoms with Gasteiger partial charge in [0.2, 0.25) is 0 Å². The lowest BCUT2D eigenvalue weighted by Gasteiger charge is -2.16. The third kappa shape index (κ3) is 10.4. The zero-order chi connectivity index (χ0) is 72.3. The van der Waals surface area contributed by atoms with Crippen molar-refractivity contribution in [2.75, 3.05) is 0 Å². The Bertz CT molecular complexity index is 7540. The Morgan fingerprint density at radius 1 is 0.164 bits per heavy atom. The van der Waals surface area contributed by atoms with Gasteiger partial charge in [-0.25, -0.2) is 19.9 Å². The largest absolute Gasteiger partial charge is 0.455 e. The highest BCUT2D eigenvalue weighted by molar-refractivity contribution is 6.20. The van der Waals surface area contributed by atoms with E-state index in [0.717, 1.165) is 150 Å². The first-order valence-corrected chi connectivity index (χ1v) is 37.4. The lowest BCUT2D eigenvalue weighted by molar-refractivity contribution is 0.669. The van der Waals surface area contributed by atoms with Crippen LogP contribution in [0.4, 0.5) is 0 Å². The zero-order valence-electron chi connectivity index (χ0n) is 59.4. The summed E-state index contributed by atoms with van der Waals surface area (Å²) in [6.45, 7) is 0. The van der Waals surface area contributed by atoms with Crippen LogP contribution in [0.15, 0.2) is 385 Å². The molecule has 0 radical (unpaired) electrons. The summed E-state index contributed by atoms with van der Waals surface area (Å²) in [5.41, 5.74) is 22.7. The van der Waals surface area contributed by atoms with Gasteiger partial charge in [0.1, 0.15) is 22.3 Å². The fraction of sp³-hybridized carbons (Fsp3) is 0. The van der Waals surface area contributed by atoms with Gasteiger partial charge < -0.3 is 8.83 Å². The second kappa shape index (κ2) is 25.5. The van der Waals surface area contributed by atoms with Crippen molar-refractivity contribution in [3.05, 3.63) is 376 Å². The maximum absolute atomic E-state index is 7.17. The van der Waals surface area contributed by atoms with Crippen molar-refractivity contribution in [3.63, 3.8) is 0 Å². The molecule has 18 aromatic carbocycles. The second-order valence-corrected chi connectivity index (χ2v) is 28.6. The molecular formula is C104H62N4O2. The summed E-state index contributed by atoms with van der Waals surface area (Å²) < 4.78 is 13.9. The van der Waals surface area contributed by atoms with E-state index in [1.807, 2.05) is 18.2 Å². The first kappa shape index (κ1) is 62.6. The van der Waals surface area contributed by atoms with Crippen LogP contribution in [0.2, 0.25) is 0 Å². The Morgan fingerprint density at radius 2 is 0.509 bits per heavy atom. The number of hydrogen-bond acceptors (Lipinski definition) is 6. The standard InChI is InChI=1S/C104H62N4O2/c1-4-28-72-69(23-1)58-91(79-34-10-7-31-76(72)79)64-49-53-66(54-50-64)104-106-95(85-40-16-14-38-83(85)93-60-71-25-3-6-30-74(71)78-33-9-12-36-81(78)93)62-97(108-104)89-56-55-75(100-90-42-18-20-46-99(90)110-102(89)100)68-27-21-26-67(57-68)63-47-51-65(52-48-63)103-105-94(61-96(107-103)88-44-22-43-87-86-41-17-19-45-98(86)109-101(87)88)84-39-15-13-37-82(84)92-59-70-24-2-5-29-73(70)77-32-8-11-35-80(77)92/h1-62H. The Hall–Kier alpha value is -14.7. The van der Waals surface area contributed by atoms with Crippen LogP contribution >= 0.6 is 0 Å². The van der Waals surface area contributed by atoms with E-state index in [-0.39, 0.29) is 0 Å². The minimum Gasteiger partial charge on any atom is -0.455 e. The van der Waals surface area contributed by atoms with Crippen molar-refractivity contribution in [1.82, 2.24) is 19.9 Å². The van der Waals surface area contributed by atoms with Crippen LogP contribution in [-0.2, 0) is 0 Å². The second-order valence-electron chi connectivity index (χ2n) is 28.6. The maximum atomic E-state index is 7.17. The average Bonchev–Trinajstić information content (AvgIpc) is 1.47. The number of benzene rings is 18. The van der Waals surface area contributed by atoms with E-state index in [4.69, 9.17) is 28.8 Å². The topological polar surface area (TPSA) is 77.8 Å². The van der Waals surface area contributed by atoms with Crippen molar-refractivity contribution in [2.45, 2.75) is 0 Å². The number of furan rings is 2. The molecule has 0 aliphatic rings. The van der Waals surface area contributed by atoms with Crippen LogP contribution < -0.4 is 0 Å². The summed E-state index contributed by atoms with van der Waals surface area (Å²) in [4.78, 5) is 22.2. The van der Waals surface area contributed by atoms with Gasteiger partial charge in [-0.2, -0.15) is 0 Å². The van der Waals surface area contributed by atoms with Crippen molar-refractivity contribution in [2.24, 2.45) is 0 Å². The van der Waals surface area contributed by atoms with E-state index in [9.17, 15) is 0 Å². The molecule has 6 heteroatoms. The Morgan fingerprint density at radius 3 is 1.05 bits per heavy atom. The number of aromatic nitrogens is 4. The van der Waals surface area contributed by atoms with Gasteiger partial charge in [0.25, 0.3) is 0 Å². The zero-order valence-corrected chi connectivity index (χ0v) is 59.4. The molecule has 0 spiro atoms. The summed E-state index contributed by atoms with van der Waals surface area (Å²) in [6, 6.07) is 134. The van der Waals surface area contributed by atoms with E-state index in [1.54, 1.807) is 0 Å². The minimum absolute atomic E-state index is 0.604. The van der Waals surface area contributed by atoms with E-state index in [2.05, 4.69) is 358 Å².